The van der Waals surface area contributed by atoms with Gasteiger partial charge in [0.25, 0.3) is 0 Å². The molecule has 0 aromatic heterocycles. The van der Waals surface area contributed by atoms with Crippen LogP contribution in [0, 0.1) is 0 Å². The van der Waals surface area contributed by atoms with Gasteiger partial charge in [-0.1, -0.05) is 17.7 Å². The van der Waals surface area contributed by atoms with Crippen LogP contribution < -0.4 is 0 Å². The molecule has 0 aliphatic heterocycles. The highest BCUT2D eigenvalue weighted by atomic mass is 35.5. The number of rotatable bonds is 0. The van der Waals surface area contributed by atoms with Gasteiger partial charge in [-0.15, -0.1) is 12.4 Å². The van der Waals surface area contributed by atoms with Gasteiger partial charge in [0.15, 0.2) is 0 Å². The lowest BCUT2D eigenvalue weighted by Gasteiger charge is -1.88. The predicted molar refractivity (Wildman–Crippen MR) is 40.4 cm³/mol. The quantitative estimate of drug-likeness (QED) is 0.625. The Bertz CT molecular complexity index is 171. The molecule has 0 aliphatic rings. The maximum Gasteiger partial charge on any atom is 0.117 e. The molecule has 0 radical (unpaired) electrons. The van der Waals surface area contributed by atoms with Crippen molar-refractivity contribution in [3.05, 3.63) is 29.3 Å². The molecule has 1 aromatic carbocycles. The molecule has 0 spiro atoms. The number of phenols is 1. The van der Waals surface area contributed by atoms with E-state index in [1.807, 2.05) is 0 Å². The Labute approximate surface area is 64.7 Å². The van der Waals surface area contributed by atoms with Crippen molar-refractivity contribution in [1.82, 2.24) is 0 Å². The summed E-state index contributed by atoms with van der Waals surface area (Å²) >= 11 is 5.48. The molecular weight excluding hydrogens is 159 g/mol. The summed E-state index contributed by atoms with van der Waals surface area (Å²) in [4.78, 5) is 0. The van der Waals surface area contributed by atoms with Gasteiger partial charge in [-0.3, -0.25) is 0 Å². The molecule has 1 nitrogen and oxygen atoms in total. The second kappa shape index (κ2) is 3.59. The highest BCUT2D eigenvalue weighted by Gasteiger charge is 1.85. The van der Waals surface area contributed by atoms with Crippen LogP contribution in [0.5, 0.6) is 5.75 Å². The first-order valence-corrected chi connectivity index (χ1v) is 2.61. The van der Waals surface area contributed by atoms with Gasteiger partial charge in [0, 0.05) is 5.02 Å². The molecule has 0 unspecified atom stereocenters. The van der Waals surface area contributed by atoms with E-state index in [9.17, 15) is 0 Å². The molecule has 0 bridgehead atoms. The average Bonchev–Trinajstić information content (AvgIpc) is 1.64. The Morgan fingerprint density at radius 2 is 2.00 bits per heavy atom. The first kappa shape index (κ1) is 8.60. The van der Waals surface area contributed by atoms with Crippen LogP contribution in [0.1, 0.15) is 0 Å². The van der Waals surface area contributed by atoms with E-state index in [-0.39, 0.29) is 18.2 Å². The standard InChI is InChI=1S/C6H5ClO.ClH/c7-5-2-1-3-6(8)4-5;/h1-4,8H;1H. The van der Waals surface area contributed by atoms with E-state index < -0.39 is 0 Å². The number of hydrogen-bond acceptors (Lipinski definition) is 1. The van der Waals surface area contributed by atoms with Gasteiger partial charge < -0.3 is 5.11 Å². The Morgan fingerprint density at radius 3 is 2.33 bits per heavy atom. The molecule has 3 heteroatoms. The van der Waals surface area contributed by atoms with Crippen LogP contribution in [0.4, 0.5) is 0 Å². The van der Waals surface area contributed by atoms with Crippen LogP contribution in [-0.4, -0.2) is 5.11 Å². The van der Waals surface area contributed by atoms with Crippen molar-refractivity contribution in [2.24, 2.45) is 0 Å². The van der Waals surface area contributed by atoms with Gasteiger partial charge in [-0.2, -0.15) is 0 Å². The van der Waals surface area contributed by atoms with Crippen molar-refractivity contribution in [3.63, 3.8) is 0 Å². The molecule has 0 saturated carbocycles. The van der Waals surface area contributed by atoms with Crippen LogP contribution in [0.3, 0.4) is 0 Å². The van der Waals surface area contributed by atoms with E-state index in [2.05, 4.69) is 0 Å². The molecular formula is C6H6Cl2O. The number of aromatic hydroxyl groups is 1. The maximum absolute atomic E-state index is 8.73. The summed E-state index contributed by atoms with van der Waals surface area (Å²) in [7, 11) is 0. The molecule has 1 rings (SSSR count). The van der Waals surface area contributed by atoms with Crippen molar-refractivity contribution in [1.29, 1.82) is 0 Å². The van der Waals surface area contributed by atoms with Gasteiger partial charge in [-0.05, 0) is 18.2 Å². The first-order valence-electron chi connectivity index (χ1n) is 2.23. The van der Waals surface area contributed by atoms with Crippen LogP contribution in [-0.2, 0) is 0 Å². The summed E-state index contributed by atoms with van der Waals surface area (Å²) in [6, 6.07) is 6.46. The third kappa shape index (κ3) is 2.59. The van der Waals surface area contributed by atoms with E-state index in [0.717, 1.165) is 0 Å². The van der Waals surface area contributed by atoms with Gasteiger partial charge in [0.1, 0.15) is 5.75 Å². The highest BCUT2D eigenvalue weighted by molar-refractivity contribution is 6.30. The summed E-state index contributed by atoms with van der Waals surface area (Å²) in [6.45, 7) is 0. The monoisotopic (exact) mass is 164 g/mol. The molecule has 50 valence electrons. The molecule has 0 saturated heterocycles. The minimum atomic E-state index is 0. The third-order valence-electron chi connectivity index (χ3n) is 0.808. The fourth-order valence-corrected chi connectivity index (χ4v) is 0.661. The molecule has 0 atom stereocenters. The Hall–Kier alpha value is -0.400. The third-order valence-corrected chi connectivity index (χ3v) is 1.04. The van der Waals surface area contributed by atoms with Crippen molar-refractivity contribution in [2.45, 2.75) is 0 Å². The van der Waals surface area contributed by atoms with E-state index >= 15 is 0 Å². The average molecular weight is 165 g/mol. The summed E-state index contributed by atoms with van der Waals surface area (Å²) < 4.78 is 0. The lowest BCUT2D eigenvalue weighted by molar-refractivity contribution is 0.475. The smallest absolute Gasteiger partial charge is 0.117 e. The number of benzene rings is 1. The summed E-state index contributed by atoms with van der Waals surface area (Å²) in [5.74, 6) is 0.206. The lowest BCUT2D eigenvalue weighted by Crippen LogP contribution is -1.61. The van der Waals surface area contributed by atoms with Crippen molar-refractivity contribution >= 4 is 24.0 Å². The SMILES string of the molecule is Cl.Oc1cccc(Cl)c1. The largest absolute Gasteiger partial charge is 0.508 e. The van der Waals surface area contributed by atoms with E-state index in [4.69, 9.17) is 16.7 Å². The highest BCUT2D eigenvalue weighted by Crippen LogP contribution is 2.14. The zero-order chi connectivity index (χ0) is 5.98. The van der Waals surface area contributed by atoms with Crippen LogP contribution in [0.2, 0.25) is 5.02 Å². The number of halogens is 2. The van der Waals surface area contributed by atoms with Crippen LogP contribution >= 0.6 is 24.0 Å². The van der Waals surface area contributed by atoms with Gasteiger partial charge in [-0.25, -0.2) is 0 Å². The molecule has 0 heterocycles. The predicted octanol–water partition coefficient (Wildman–Crippen LogP) is 2.47. The Balaban J connectivity index is 0.000000640. The van der Waals surface area contributed by atoms with Gasteiger partial charge in [0.2, 0.25) is 0 Å². The molecule has 0 fully saturated rings. The summed E-state index contributed by atoms with van der Waals surface area (Å²) in [5, 5.41) is 9.29. The fourth-order valence-electron chi connectivity index (χ4n) is 0.476. The molecule has 0 amide bonds. The van der Waals surface area contributed by atoms with E-state index in [1.54, 1.807) is 18.2 Å². The summed E-state index contributed by atoms with van der Waals surface area (Å²) in [5.41, 5.74) is 0. The Morgan fingerprint density at radius 1 is 1.33 bits per heavy atom. The van der Waals surface area contributed by atoms with Crippen molar-refractivity contribution < 1.29 is 5.11 Å². The maximum atomic E-state index is 8.73. The molecule has 0 aliphatic carbocycles. The van der Waals surface area contributed by atoms with Crippen molar-refractivity contribution in [3.8, 4) is 5.75 Å². The zero-order valence-corrected chi connectivity index (χ0v) is 6.12. The van der Waals surface area contributed by atoms with Gasteiger partial charge in [0.05, 0.1) is 0 Å². The minimum absolute atomic E-state index is 0. The van der Waals surface area contributed by atoms with Gasteiger partial charge >= 0.3 is 0 Å². The van der Waals surface area contributed by atoms with Crippen molar-refractivity contribution in [2.75, 3.05) is 0 Å². The molecule has 1 aromatic rings. The first-order chi connectivity index (χ1) is 3.79. The van der Waals surface area contributed by atoms with E-state index in [1.165, 1.54) is 6.07 Å². The topological polar surface area (TPSA) is 20.2 Å². The molecule has 1 N–H and O–H groups in total. The van der Waals surface area contributed by atoms with Crippen LogP contribution in [0.25, 0.3) is 0 Å². The normalized spacial score (nSPS) is 8.11. The Kier molecular flexibility index (Phi) is 3.43. The second-order valence-corrected chi connectivity index (χ2v) is 1.92. The lowest BCUT2D eigenvalue weighted by atomic mass is 10.3. The van der Waals surface area contributed by atoms with Crippen LogP contribution in [0.15, 0.2) is 24.3 Å². The van der Waals surface area contributed by atoms with E-state index in [0.29, 0.717) is 5.02 Å². The summed E-state index contributed by atoms with van der Waals surface area (Å²) in [6.07, 6.45) is 0. The molecule has 9 heavy (non-hydrogen) atoms. The minimum Gasteiger partial charge on any atom is -0.508 e. The zero-order valence-electron chi connectivity index (χ0n) is 4.54. The fraction of sp³-hybridized carbons (Fsp3) is 0. The number of hydrogen-bond donors (Lipinski definition) is 1. The second-order valence-electron chi connectivity index (χ2n) is 1.48. The number of phenolic OH excluding ortho intramolecular Hbond substituents is 1.